The van der Waals surface area contributed by atoms with Crippen LogP contribution < -0.4 is 49.5 Å². The van der Waals surface area contributed by atoms with Crippen LogP contribution in [0.15, 0.2) is 0 Å². The second-order valence-electron chi connectivity index (χ2n) is 10.6. The molecule has 0 aliphatic carbocycles. The molecule has 0 radical (unpaired) electrons. The topological polar surface area (TPSA) is 321 Å². The SMILES string of the molecule is CC(C)(NC(=O)[C@H](CCC(N)=O)NC(=O)[C@H](CCCCN)NC(=O)[C@@H](N)CS)C(=O)N[C@@H](CC(N)=O)C(=O)N[C@@H](CS)C(=O)O. The monoisotopic (exact) mass is 679 g/mol. The lowest BCUT2D eigenvalue weighted by atomic mass is 10.0. The van der Waals surface area contributed by atoms with E-state index in [4.69, 9.17) is 22.9 Å². The van der Waals surface area contributed by atoms with Gasteiger partial charge in [0, 0.05) is 17.9 Å². The Labute approximate surface area is 271 Å². The molecule has 0 aromatic rings. The highest BCUT2D eigenvalue weighted by molar-refractivity contribution is 7.80. The number of carboxylic acid groups (broad SMARTS) is 1. The fourth-order valence-electron chi connectivity index (χ4n) is 3.61. The maximum atomic E-state index is 13.3. The number of unbranched alkanes of at least 4 members (excludes halogenated alkanes) is 1. The van der Waals surface area contributed by atoms with Gasteiger partial charge in [-0.15, -0.1) is 0 Å². The van der Waals surface area contributed by atoms with Gasteiger partial charge >= 0.3 is 5.97 Å². The van der Waals surface area contributed by atoms with Gasteiger partial charge in [-0.2, -0.15) is 25.3 Å². The number of nitrogens with one attached hydrogen (secondary N) is 5. The van der Waals surface area contributed by atoms with E-state index >= 15 is 0 Å². The molecule has 14 N–H and O–H groups in total. The Morgan fingerprint density at radius 1 is 0.711 bits per heavy atom. The summed E-state index contributed by atoms with van der Waals surface area (Å²) in [6, 6.07) is -6.61. The third-order valence-corrected chi connectivity index (χ3v) is 7.01. The molecular weight excluding hydrogens is 634 g/mol. The summed E-state index contributed by atoms with van der Waals surface area (Å²) in [5, 5.41) is 20.9. The maximum Gasteiger partial charge on any atom is 0.327 e. The number of primary amides is 2. The molecule has 18 nitrogen and oxygen atoms in total. The van der Waals surface area contributed by atoms with Crippen molar-refractivity contribution >= 4 is 72.6 Å². The molecule has 0 saturated carbocycles. The van der Waals surface area contributed by atoms with Gasteiger partial charge in [0.15, 0.2) is 0 Å². The lowest BCUT2D eigenvalue weighted by Gasteiger charge is -2.30. The third-order valence-electron chi connectivity index (χ3n) is 6.25. The van der Waals surface area contributed by atoms with Gasteiger partial charge in [-0.1, -0.05) is 0 Å². The molecule has 0 aromatic heterocycles. The summed E-state index contributed by atoms with van der Waals surface area (Å²) in [5.41, 5.74) is 19.8. The van der Waals surface area contributed by atoms with Crippen LogP contribution in [0.4, 0.5) is 0 Å². The van der Waals surface area contributed by atoms with E-state index in [-0.39, 0.29) is 30.8 Å². The van der Waals surface area contributed by atoms with Crippen LogP contribution in [0, 0.1) is 0 Å². The molecule has 7 amide bonds. The van der Waals surface area contributed by atoms with Crippen LogP contribution >= 0.6 is 25.3 Å². The van der Waals surface area contributed by atoms with Gasteiger partial charge in [-0.25, -0.2) is 4.79 Å². The minimum absolute atomic E-state index is 0.00104. The number of aliphatic carboxylic acids is 1. The molecule has 256 valence electrons. The summed E-state index contributed by atoms with van der Waals surface area (Å²) in [5.74, 6) is -7.88. The van der Waals surface area contributed by atoms with Crippen LogP contribution in [0.1, 0.15) is 52.4 Å². The lowest BCUT2D eigenvalue weighted by Crippen LogP contribution is -2.63. The summed E-state index contributed by atoms with van der Waals surface area (Å²) < 4.78 is 0. The zero-order valence-corrected chi connectivity index (χ0v) is 27.0. The second-order valence-corrected chi connectivity index (χ2v) is 11.3. The van der Waals surface area contributed by atoms with Crippen molar-refractivity contribution in [2.75, 3.05) is 18.1 Å². The van der Waals surface area contributed by atoms with E-state index in [9.17, 15) is 43.5 Å². The average molecular weight is 680 g/mol. The van der Waals surface area contributed by atoms with E-state index in [1.165, 1.54) is 13.8 Å². The number of carbonyl (C=O) groups is 8. The highest BCUT2D eigenvalue weighted by Crippen LogP contribution is 2.09. The number of carboxylic acids is 1. The summed E-state index contributed by atoms with van der Waals surface area (Å²) in [7, 11) is 0. The van der Waals surface area contributed by atoms with E-state index in [1.807, 2.05) is 0 Å². The van der Waals surface area contributed by atoms with Gasteiger partial charge in [0.1, 0.15) is 29.7 Å². The summed E-state index contributed by atoms with van der Waals surface area (Å²) in [6.45, 7) is 2.82. The summed E-state index contributed by atoms with van der Waals surface area (Å²) in [6.07, 6.45) is -0.198. The highest BCUT2D eigenvalue weighted by atomic mass is 32.1. The molecule has 0 heterocycles. The van der Waals surface area contributed by atoms with E-state index in [1.54, 1.807) is 0 Å². The zero-order chi connectivity index (χ0) is 34.9. The fourth-order valence-corrected chi connectivity index (χ4v) is 4.02. The van der Waals surface area contributed by atoms with Crippen LogP contribution in [0.3, 0.4) is 0 Å². The minimum Gasteiger partial charge on any atom is -0.480 e. The molecular formula is C25H45N9O9S2. The molecule has 5 atom stereocenters. The zero-order valence-electron chi connectivity index (χ0n) is 25.2. The van der Waals surface area contributed by atoms with Gasteiger partial charge in [-0.3, -0.25) is 33.6 Å². The van der Waals surface area contributed by atoms with E-state index in [0.717, 1.165) is 0 Å². The van der Waals surface area contributed by atoms with Gasteiger partial charge in [-0.05, 0) is 46.1 Å². The Morgan fingerprint density at radius 3 is 1.73 bits per heavy atom. The molecule has 0 aromatic carbocycles. The Balaban J connectivity index is 5.93. The Morgan fingerprint density at radius 2 is 1.24 bits per heavy atom. The van der Waals surface area contributed by atoms with Crippen molar-refractivity contribution in [2.24, 2.45) is 22.9 Å². The Bertz CT molecular complexity index is 1090. The molecule has 0 fully saturated rings. The Hall–Kier alpha value is -3.62. The van der Waals surface area contributed by atoms with E-state index in [0.29, 0.717) is 19.4 Å². The molecule has 0 aliphatic rings. The van der Waals surface area contributed by atoms with E-state index in [2.05, 4.69) is 51.8 Å². The van der Waals surface area contributed by atoms with Crippen molar-refractivity contribution in [3.63, 3.8) is 0 Å². The molecule has 20 heteroatoms. The summed E-state index contributed by atoms with van der Waals surface area (Å²) >= 11 is 7.81. The molecule has 0 unspecified atom stereocenters. The first-order chi connectivity index (χ1) is 20.9. The van der Waals surface area contributed by atoms with Crippen LogP contribution in [0.5, 0.6) is 0 Å². The van der Waals surface area contributed by atoms with Crippen molar-refractivity contribution < 1.29 is 43.5 Å². The highest BCUT2D eigenvalue weighted by Gasteiger charge is 2.37. The standard InChI is InChI=1S/C25H45N9O9S2/c1-25(2,24(43)33-15(9-18(29)36)21(39)32-16(11-45)23(41)42)34-22(40)14(6-7-17(28)35)31-20(38)13(5-3-4-8-26)30-19(37)12(27)10-44/h12-16,44-45H,3-11,26-27H2,1-2H3,(H2,28,35)(H2,29,36)(H,30,37)(H,31,38)(H,32,39)(H,33,43)(H,34,40)(H,41,42)/t12-,13-,14-,15-,16-/m0/s1. The quantitative estimate of drug-likeness (QED) is 0.0381. The smallest absolute Gasteiger partial charge is 0.327 e. The molecule has 0 spiro atoms. The maximum absolute atomic E-state index is 13.3. The lowest BCUT2D eigenvalue weighted by molar-refractivity contribution is -0.142. The van der Waals surface area contributed by atoms with Crippen LogP contribution in [-0.4, -0.2) is 106 Å². The van der Waals surface area contributed by atoms with Crippen molar-refractivity contribution in [2.45, 2.75) is 88.1 Å². The van der Waals surface area contributed by atoms with Crippen molar-refractivity contribution in [3.8, 4) is 0 Å². The van der Waals surface area contributed by atoms with Gasteiger partial charge in [0.2, 0.25) is 41.4 Å². The fraction of sp³-hybridized carbons (Fsp3) is 0.680. The first kappa shape index (κ1) is 41.4. The molecule has 0 aliphatic heterocycles. The number of amides is 7. The Kier molecular flexibility index (Phi) is 18.8. The molecule has 0 bridgehead atoms. The van der Waals surface area contributed by atoms with Crippen molar-refractivity contribution in [1.29, 1.82) is 0 Å². The first-order valence-electron chi connectivity index (χ1n) is 13.9. The second kappa shape index (κ2) is 20.4. The molecule has 0 rings (SSSR count). The van der Waals surface area contributed by atoms with Gasteiger partial charge < -0.3 is 54.6 Å². The average Bonchev–Trinajstić information content (AvgIpc) is 2.95. The predicted octanol–water partition coefficient (Wildman–Crippen LogP) is -4.64. The third kappa shape index (κ3) is 15.8. The minimum atomic E-state index is -1.80. The number of nitrogens with two attached hydrogens (primary N) is 4. The summed E-state index contributed by atoms with van der Waals surface area (Å²) in [4.78, 5) is 99.0. The normalized spacial score (nSPS) is 14.4. The van der Waals surface area contributed by atoms with Crippen molar-refractivity contribution in [1.82, 2.24) is 26.6 Å². The predicted molar refractivity (Wildman–Crippen MR) is 168 cm³/mol. The number of carbonyl (C=O) groups excluding carboxylic acids is 7. The number of thiol groups is 2. The van der Waals surface area contributed by atoms with Crippen LogP contribution in [-0.2, 0) is 38.4 Å². The van der Waals surface area contributed by atoms with Gasteiger partial charge in [0.05, 0.1) is 12.5 Å². The number of hydrogen-bond acceptors (Lipinski definition) is 12. The van der Waals surface area contributed by atoms with Crippen LogP contribution in [0.2, 0.25) is 0 Å². The van der Waals surface area contributed by atoms with Crippen molar-refractivity contribution in [3.05, 3.63) is 0 Å². The molecule has 45 heavy (non-hydrogen) atoms. The molecule has 0 saturated heterocycles. The number of rotatable bonds is 22. The van der Waals surface area contributed by atoms with Crippen LogP contribution in [0.25, 0.3) is 0 Å². The first-order valence-corrected chi connectivity index (χ1v) is 15.2. The van der Waals surface area contributed by atoms with E-state index < -0.39 is 89.5 Å². The largest absolute Gasteiger partial charge is 0.480 e. The van der Waals surface area contributed by atoms with Gasteiger partial charge in [0.25, 0.3) is 0 Å². The number of hydrogen-bond donors (Lipinski definition) is 12.